The van der Waals surface area contributed by atoms with Crippen LogP contribution in [0.15, 0.2) is 42.5 Å². The molecular weight excluding hydrogens is 403 g/mol. The summed E-state index contributed by atoms with van der Waals surface area (Å²) < 4.78 is 0. The molecule has 1 saturated heterocycles. The lowest BCUT2D eigenvalue weighted by Crippen LogP contribution is -2.42. The Morgan fingerprint density at radius 3 is 2.50 bits per heavy atom. The van der Waals surface area contributed by atoms with Crippen molar-refractivity contribution >= 4 is 46.7 Å². The van der Waals surface area contributed by atoms with Gasteiger partial charge in [0.15, 0.2) is 0 Å². The van der Waals surface area contributed by atoms with E-state index in [9.17, 15) is 14.4 Å². The minimum Gasteiger partial charge on any atom is -0.324 e. The third kappa shape index (κ3) is 3.65. The van der Waals surface area contributed by atoms with Crippen LogP contribution in [0.2, 0.25) is 10.0 Å². The summed E-state index contributed by atoms with van der Waals surface area (Å²) in [4.78, 5) is 38.3. The van der Waals surface area contributed by atoms with Crippen molar-refractivity contribution in [3.8, 4) is 6.07 Å². The van der Waals surface area contributed by atoms with Gasteiger partial charge >= 0.3 is 6.03 Å². The van der Waals surface area contributed by atoms with E-state index in [1.54, 1.807) is 31.2 Å². The number of carbonyl (C=O) groups excluding carboxylic acids is 3. The van der Waals surface area contributed by atoms with Gasteiger partial charge in [0.2, 0.25) is 5.91 Å². The molecular formula is C19H14Cl2N4O3. The Morgan fingerprint density at radius 2 is 1.89 bits per heavy atom. The molecule has 4 amide bonds. The topological polar surface area (TPSA) is 102 Å². The van der Waals surface area contributed by atoms with Gasteiger partial charge in [-0.15, -0.1) is 0 Å². The van der Waals surface area contributed by atoms with Crippen molar-refractivity contribution in [2.75, 3.05) is 11.9 Å². The number of benzene rings is 2. The Balaban J connectivity index is 1.73. The number of anilines is 1. The summed E-state index contributed by atoms with van der Waals surface area (Å²) in [6.45, 7) is 1.10. The number of amides is 4. The number of hydrogen-bond acceptors (Lipinski definition) is 4. The summed E-state index contributed by atoms with van der Waals surface area (Å²) in [5.41, 5.74) is -0.120. The fourth-order valence-corrected chi connectivity index (χ4v) is 3.20. The first kappa shape index (κ1) is 19.7. The van der Waals surface area contributed by atoms with E-state index >= 15 is 0 Å². The molecule has 0 saturated carbocycles. The standard InChI is InChI=1S/C19H14Cl2N4O3/c1-19(12-3-5-13(20)6-4-12)17(27)25(18(28)24-19)10-16(26)23-14-7-2-11(9-22)15(21)8-14/h2-8H,10H2,1H3,(H,23,26)(H,24,28)/t19-/m1/s1. The highest BCUT2D eigenvalue weighted by atomic mass is 35.5. The first-order valence-electron chi connectivity index (χ1n) is 8.14. The van der Waals surface area contributed by atoms with Crippen LogP contribution >= 0.6 is 23.2 Å². The van der Waals surface area contributed by atoms with Crippen LogP contribution in [0.3, 0.4) is 0 Å². The average Bonchev–Trinajstić information content (AvgIpc) is 2.86. The van der Waals surface area contributed by atoms with Crippen LogP contribution in [0.5, 0.6) is 0 Å². The Bertz CT molecular complexity index is 1020. The molecule has 1 aliphatic rings. The number of rotatable bonds is 4. The highest BCUT2D eigenvalue weighted by molar-refractivity contribution is 6.32. The molecule has 0 unspecified atom stereocenters. The number of imide groups is 1. The number of carbonyl (C=O) groups is 3. The Morgan fingerprint density at radius 1 is 1.21 bits per heavy atom. The molecule has 3 rings (SSSR count). The van der Waals surface area contributed by atoms with Gasteiger partial charge in [0.25, 0.3) is 5.91 Å². The SMILES string of the molecule is C[C@]1(c2ccc(Cl)cc2)NC(=O)N(CC(=O)Nc2ccc(C#N)c(Cl)c2)C1=O. The van der Waals surface area contributed by atoms with Crippen LogP contribution in [0.1, 0.15) is 18.1 Å². The number of halogens is 2. The Kier molecular flexibility index (Phi) is 5.27. The zero-order chi connectivity index (χ0) is 20.5. The fraction of sp³-hybridized carbons (Fsp3) is 0.158. The molecule has 0 spiro atoms. The maximum Gasteiger partial charge on any atom is 0.325 e. The normalized spacial score (nSPS) is 18.6. The van der Waals surface area contributed by atoms with E-state index in [0.717, 1.165) is 4.90 Å². The fourth-order valence-electron chi connectivity index (χ4n) is 2.85. The smallest absolute Gasteiger partial charge is 0.324 e. The van der Waals surface area contributed by atoms with Gasteiger partial charge in [-0.05, 0) is 42.8 Å². The molecule has 1 aliphatic heterocycles. The van der Waals surface area contributed by atoms with Gasteiger partial charge in [-0.2, -0.15) is 5.26 Å². The third-order valence-electron chi connectivity index (χ3n) is 4.37. The molecule has 0 radical (unpaired) electrons. The maximum atomic E-state index is 12.8. The summed E-state index contributed by atoms with van der Waals surface area (Å²) in [5, 5.41) is 14.7. The molecule has 1 atom stereocenters. The van der Waals surface area contributed by atoms with Crippen molar-refractivity contribution in [2.24, 2.45) is 0 Å². The minimum atomic E-state index is -1.29. The molecule has 0 bridgehead atoms. The van der Waals surface area contributed by atoms with Crippen molar-refractivity contribution in [1.29, 1.82) is 5.26 Å². The van der Waals surface area contributed by atoms with E-state index in [0.29, 0.717) is 16.3 Å². The van der Waals surface area contributed by atoms with Crippen molar-refractivity contribution in [1.82, 2.24) is 10.2 Å². The first-order valence-corrected chi connectivity index (χ1v) is 8.90. The molecule has 1 heterocycles. The molecule has 1 fully saturated rings. The summed E-state index contributed by atoms with van der Waals surface area (Å²) in [6.07, 6.45) is 0. The van der Waals surface area contributed by atoms with Crippen LogP contribution < -0.4 is 10.6 Å². The van der Waals surface area contributed by atoms with Crippen LogP contribution in [-0.4, -0.2) is 29.3 Å². The summed E-state index contributed by atoms with van der Waals surface area (Å²) in [5.74, 6) is -1.13. The van der Waals surface area contributed by atoms with Crippen molar-refractivity contribution in [2.45, 2.75) is 12.5 Å². The molecule has 2 aromatic carbocycles. The zero-order valence-corrected chi connectivity index (χ0v) is 16.1. The predicted molar refractivity (Wildman–Crippen MR) is 104 cm³/mol. The predicted octanol–water partition coefficient (Wildman–Crippen LogP) is 3.27. The van der Waals surface area contributed by atoms with Gasteiger partial charge < -0.3 is 10.6 Å². The lowest BCUT2D eigenvalue weighted by molar-refractivity contribution is -0.133. The third-order valence-corrected chi connectivity index (χ3v) is 4.94. The van der Waals surface area contributed by atoms with Gasteiger partial charge in [0, 0.05) is 10.7 Å². The molecule has 0 aliphatic carbocycles. The zero-order valence-electron chi connectivity index (χ0n) is 14.6. The van der Waals surface area contributed by atoms with E-state index in [2.05, 4.69) is 10.6 Å². The van der Waals surface area contributed by atoms with Gasteiger partial charge in [0.1, 0.15) is 18.2 Å². The van der Waals surface area contributed by atoms with Crippen LogP contribution in [0.25, 0.3) is 0 Å². The quantitative estimate of drug-likeness (QED) is 0.746. The van der Waals surface area contributed by atoms with Crippen molar-refractivity contribution in [3.05, 3.63) is 63.6 Å². The van der Waals surface area contributed by atoms with Crippen LogP contribution in [0.4, 0.5) is 10.5 Å². The average molecular weight is 417 g/mol. The highest BCUT2D eigenvalue weighted by Gasteiger charge is 2.49. The summed E-state index contributed by atoms with van der Waals surface area (Å²) in [6, 6.07) is 12.1. The van der Waals surface area contributed by atoms with Gasteiger partial charge in [-0.3, -0.25) is 14.5 Å². The van der Waals surface area contributed by atoms with Gasteiger partial charge in [0.05, 0.1) is 10.6 Å². The molecule has 28 heavy (non-hydrogen) atoms. The van der Waals surface area contributed by atoms with Crippen molar-refractivity contribution in [3.63, 3.8) is 0 Å². The van der Waals surface area contributed by atoms with Gasteiger partial charge in [-0.25, -0.2) is 4.79 Å². The van der Waals surface area contributed by atoms with Crippen molar-refractivity contribution < 1.29 is 14.4 Å². The van der Waals surface area contributed by atoms with E-state index < -0.39 is 29.9 Å². The van der Waals surface area contributed by atoms with E-state index in [1.165, 1.54) is 18.2 Å². The maximum absolute atomic E-state index is 12.8. The first-order chi connectivity index (χ1) is 13.2. The van der Waals surface area contributed by atoms with Gasteiger partial charge in [-0.1, -0.05) is 35.3 Å². The number of urea groups is 1. The second-order valence-corrected chi connectivity index (χ2v) is 7.15. The Hall–Kier alpha value is -3.08. The lowest BCUT2D eigenvalue weighted by atomic mass is 9.92. The summed E-state index contributed by atoms with van der Waals surface area (Å²) in [7, 11) is 0. The summed E-state index contributed by atoms with van der Waals surface area (Å²) >= 11 is 11.8. The monoisotopic (exact) mass is 416 g/mol. The van der Waals surface area contributed by atoms with Crippen LogP contribution in [-0.2, 0) is 15.1 Å². The highest BCUT2D eigenvalue weighted by Crippen LogP contribution is 2.29. The van der Waals surface area contributed by atoms with Crippen LogP contribution in [0, 0.1) is 11.3 Å². The van der Waals surface area contributed by atoms with E-state index in [4.69, 9.17) is 28.5 Å². The van der Waals surface area contributed by atoms with E-state index in [-0.39, 0.29) is 10.6 Å². The number of hydrogen-bond donors (Lipinski definition) is 2. The largest absolute Gasteiger partial charge is 0.325 e. The van der Waals surface area contributed by atoms with E-state index in [1.807, 2.05) is 6.07 Å². The second kappa shape index (κ2) is 7.50. The molecule has 9 heteroatoms. The number of nitrogens with one attached hydrogen (secondary N) is 2. The number of nitriles is 1. The minimum absolute atomic E-state index is 0.186. The Labute approximate surface area is 170 Å². The molecule has 7 nitrogen and oxygen atoms in total. The lowest BCUT2D eigenvalue weighted by Gasteiger charge is -2.22. The molecule has 142 valence electrons. The molecule has 2 N–H and O–H groups in total. The second-order valence-electron chi connectivity index (χ2n) is 6.31. The molecule has 2 aromatic rings. The molecule has 0 aromatic heterocycles. The number of nitrogens with zero attached hydrogens (tertiary/aromatic N) is 2.